The molecule has 1 amide bonds. The van der Waals surface area contributed by atoms with Crippen LogP contribution in [0.1, 0.15) is 11.3 Å². The summed E-state index contributed by atoms with van der Waals surface area (Å²) < 4.78 is 42.9. The summed E-state index contributed by atoms with van der Waals surface area (Å²) >= 11 is 0.937. The van der Waals surface area contributed by atoms with Crippen molar-refractivity contribution < 1.29 is 22.9 Å². The molecule has 3 aromatic rings. The molecule has 36 heavy (non-hydrogen) atoms. The molecule has 2 N–H and O–H groups in total. The van der Waals surface area contributed by atoms with Crippen molar-refractivity contribution in [3.8, 4) is 5.69 Å². The minimum Gasteiger partial charge on any atom is -0.448 e. The Morgan fingerprint density at radius 1 is 1.14 bits per heavy atom. The highest BCUT2D eigenvalue weighted by Gasteiger charge is 2.18. The molecule has 191 valence electrons. The van der Waals surface area contributed by atoms with Gasteiger partial charge in [0.2, 0.25) is 5.43 Å². The number of hydrogen-bond acceptors (Lipinski definition) is 7. The van der Waals surface area contributed by atoms with Crippen LogP contribution in [0.5, 0.6) is 0 Å². The van der Waals surface area contributed by atoms with E-state index in [1.54, 1.807) is 24.3 Å². The Morgan fingerprint density at radius 3 is 2.61 bits per heavy atom. The number of rotatable bonds is 8. The number of nitrogens with one attached hydrogen (secondary N) is 1. The molecular weight excluding hydrogens is 510 g/mol. The lowest BCUT2D eigenvalue weighted by Crippen LogP contribution is -2.37. The van der Waals surface area contributed by atoms with Crippen molar-refractivity contribution in [2.75, 3.05) is 43.1 Å². The van der Waals surface area contributed by atoms with Crippen molar-refractivity contribution in [1.29, 1.82) is 0 Å². The van der Waals surface area contributed by atoms with E-state index in [1.807, 2.05) is 0 Å². The van der Waals surface area contributed by atoms with Gasteiger partial charge in [-0.05, 0) is 29.8 Å². The molecule has 8 nitrogen and oxygen atoms in total. The molecule has 0 atom stereocenters. The summed E-state index contributed by atoms with van der Waals surface area (Å²) in [6, 6.07) is 11.2. The number of carbonyl (C=O) groups excluding carboxylic acids is 1. The molecule has 1 aliphatic rings. The molecule has 1 radical (unpaired) electrons. The van der Waals surface area contributed by atoms with E-state index in [0.29, 0.717) is 17.8 Å². The molecule has 0 saturated carbocycles. The summed E-state index contributed by atoms with van der Waals surface area (Å²) in [4.78, 5) is 26.8. The molecular formula is C24H25F2N4O4S2. The fourth-order valence-electron chi connectivity index (χ4n) is 3.73. The van der Waals surface area contributed by atoms with Crippen LogP contribution in [0.25, 0.3) is 5.69 Å². The highest BCUT2D eigenvalue weighted by Crippen LogP contribution is 2.39. The Morgan fingerprint density at radius 2 is 1.89 bits per heavy atom. The average molecular weight is 536 g/mol. The van der Waals surface area contributed by atoms with Gasteiger partial charge in [-0.2, -0.15) is 5.10 Å². The van der Waals surface area contributed by atoms with E-state index in [9.17, 15) is 18.4 Å². The van der Waals surface area contributed by atoms with Gasteiger partial charge < -0.3 is 9.29 Å². The summed E-state index contributed by atoms with van der Waals surface area (Å²) in [5.74, 6) is 0.369. The molecule has 1 fully saturated rings. The predicted octanol–water partition coefficient (Wildman–Crippen LogP) is 4.36. The number of ether oxygens (including phenoxy) is 1. The zero-order valence-electron chi connectivity index (χ0n) is 19.2. The maximum atomic E-state index is 13.6. The highest BCUT2D eigenvalue weighted by molar-refractivity contribution is 8.83. The minimum absolute atomic E-state index is 0.00984. The van der Waals surface area contributed by atoms with Crippen LogP contribution in [0, 0.1) is 11.6 Å². The quantitative estimate of drug-likeness (QED) is 0.327. The Bertz CT molecular complexity index is 1250. The lowest BCUT2D eigenvalue weighted by Gasteiger charge is -2.30. The van der Waals surface area contributed by atoms with Gasteiger partial charge in [0.05, 0.1) is 5.69 Å². The van der Waals surface area contributed by atoms with Crippen LogP contribution < -0.4 is 10.7 Å². The van der Waals surface area contributed by atoms with Crippen molar-refractivity contribution in [1.82, 2.24) is 14.7 Å². The van der Waals surface area contributed by atoms with Crippen LogP contribution in [-0.4, -0.2) is 63.1 Å². The predicted molar refractivity (Wildman–Crippen MR) is 138 cm³/mol. The van der Waals surface area contributed by atoms with Crippen molar-refractivity contribution in [3.63, 3.8) is 0 Å². The normalized spacial score (nSPS) is 14.5. The summed E-state index contributed by atoms with van der Waals surface area (Å²) in [7, 11) is 0.00984. The van der Waals surface area contributed by atoms with E-state index in [2.05, 4.69) is 15.3 Å². The summed E-state index contributed by atoms with van der Waals surface area (Å²) in [6.07, 6.45) is 0.927. The Hall–Kier alpha value is -2.93. The number of aromatic nitrogens is 2. The van der Waals surface area contributed by atoms with Gasteiger partial charge in [-0.25, -0.2) is 18.3 Å². The van der Waals surface area contributed by atoms with Gasteiger partial charge in [-0.3, -0.25) is 15.0 Å². The zero-order chi connectivity index (χ0) is 25.5. The second-order valence-corrected chi connectivity index (χ2v) is 11.8. The van der Waals surface area contributed by atoms with Gasteiger partial charge in [0.15, 0.2) is 0 Å². The summed E-state index contributed by atoms with van der Waals surface area (Å²) in [5.41, 5.74) is 1.24. The first kappa shape index (κ1) is 26.1. The Labute approximate surface area is 213 Å². The number of halogens is 2. The first-order valence-corrected chi connectivity index (χ1v) is 14.0. The maximum Gasteiger partial charge on any atom is 0.411 e. The summed E-state index contributed by atoms with van der Waals surface area (Å²) in [5, 5.41) is 6.93. The smallest absolute Gasteiger partial charge is 0.411 e. The number of nitrogens with zero attached hydrogens (tertiary/aromatic N) is 3. The van der Waals surface area contributed by atoms with Crippen LogP contribution >= 0.6 is 21.0 Å². The number of anilines is 1. The van der Waals surface area contributed by atoms with E-state index in [-0.39, 0.29) is 39.8 Å². The van der Waals surface area contributed by atoms with Gasteiger partial charge in [0.1, 0.15) is 23.9 Å². The van der Waals surface area contributed by atoms with E-state index in [4.69, 9.17) is 9.29 Å². The lowest BCUT2D eigenvalue weighted by atomic mass is 10.1. The standard InChI is InChI=1S/C24H25F2N4O4S2/c25-18-14-19(26)16-21(15-18)30-5-4-23(31)22(28-30)13-17-2-1-3-20(12-17)27-24(32)34-9-6-29-7-10-36(35-33)11-8-29/h1-5,12,14-16,33H,6-11,13H2,(H,27,32). The van der Waals surface area contributed by atoms with E-state index >= 15 is 0 Å². The molecule has 0 unspecified atom stereocenters. The molecule has 1 saturated heterocycles. The average Bonchev–Trinajstić information content (AvgIpc) is 2.85. The zero-order valence-corrected chi connectivity index (χ0v) is 20.9. The van der Waals surface area contributed by atoms with Crippen LogP contribution in [0.2, 0.25) is 0 Å². The minimum atomic E-state index is -0.747. The number of benzene rings is 2. The fraction of sp³-hybridized carbons (Fsp3) is 0.292. The molecule has 12 heteroatoms. The van der Waals surface area contributed by atoms with Gasteiger partial charge in [0.25, 0.3) is 0 Å². The topological polar surface area (TPSA) is 96.7 Å². The van der Waals surface area contributed by atoms with Crippen LogP contribution in [0.3, 0.4) is 0 Å². The molecule has 4 rings (SSSR count). The molecule has 1 aromatic heterocycles. The number of hydrogen-bond donors (Lipinski definition) is 2. The number of carbonyl (C=O) groups is 1. The van der Waals surface area contributed by atoms with Crippen LogP contribution in [0.4, 0.5) is 19.3 Å². The second kappa shape index (κ2) is 12.3. The van der Waals surface area contributed by atoms with Gasteiger partial charge in [-0.15, -0.1) is 9.93 Å². The maximum absolute atomic E-state index is 13.6. The molecule has 0 spiro atoms. The van der Waals surface area contributed by atoms with Gasteiger partial charge in [0, 0.05) is 72.7 Å². The number of amides is 1. The van der Waals surface area contributed by atoms with E-state index in [0.717, 1.165) is 53.9 Å². The first-order chi connectivity index (χ1) is 17.4. The molecule has 0 aliphatic carbocycles. The Kier molecular flexibility index (Phi) is 8.97. The lowest BCUT2D eigenvalue weighted by molar-refractivity contribution is 0.142. The van der Waals surface area contributed by atoms with Crippen molar-refractivity contribution in [3.05, 3.63) is 87.8 Å². The fourth-order valence-corrected chi connectivity index (χ4v) is 5.90. The first-order valence-electron chi connectivity index (χ1n) is 11.2. The van der Waals surface area contributed by atoms with Gasteiger partial charge >= 0.3 is 6.09 Å². The highest BCUT2D eigenvalue weighted by atomic mass is 33.1. The molecule has 2 heterocycles. The van der Waals surface area contributed by atoms with Crippen molar-refractivity contribution >= 4 is 32.8 Å². The van der Waals surface area contributed by atoms with E-state index in [1.165, 1.54) is 16.9 Å². The van der Waals surface area contributed by atoms with Crippen molar-refractivity contribution in [2.24, 2.45) is 0 Å². The molecule has 0 bridgehead atoms. The van der Waals surface area contributed by atoms with Crippen LogP contribution in [0.15, 0.2) is 59.5 Å². The van der Waals surface area contributed by atoms with E-state index < -0.39 is 17.7 Å². The summed E-state index contributed by atoms with van der Waals surface area (Å²) in [6.45, 7) is 2.61. The van der Waals surface area contributed by atoms with Gasteiger partial charge in [-0.1, -0.05) is 12.1 Å². The van der Waals surface area contributed by atoms with Crippen molar-refractivity contribution in [2.45, 2.75) is 6.42 Å². The molecule has 1 aliphatic heterocycles. The molecule has 2 aromatic carbocycles. The SMILES string of the molecule is O=C(Nc1cccc(Cc2nn(-c3cc(F)cc(F)c3)ccc2=O)c1)OCCN1CC[S](SO)CC1. The largest absolute Gasteiger partial charge is 0.448 e. The monoisotopic (exact) mass is 535 g/mol. The second-order valence-electron chi connectivity index (χ2n) is 8.10. The Balaban J connectivity index is 1.34. The third-order valence-electron chi connectivity index (χ3n) is 5.55. The third kappa shape index (κ3) is 7.29. The third-order valence-corrected chi connectivity index (χ3v) is 8.67. The van der Waals surface area contributed by atoms with Crippen LogP contribution in [-0.2, 0) is 11.2 Å².